The fourth-order valence-electron chi connectivity index (χ4n) is 1.86. The average molecular weight is 251 g/mol. The maximum Gasteiger partial charge on any atom is 0.145 e. The van der Waals surface area contributed by atoms with Gasteiger partial charge in [-0.15, -0.1) is 5.10 Å². The van der Waals surface area contributed by atoms with E-state index in [1.165, 1.54) is 23.7 Å². The smallest absolute Gasteiger partial charge is 0.145 e. The average Bonchev–Trinajstić information content (AvgIpc) is 2.82. The molecular formula is C11H10FN3OS. The van der Waals surface area contributed by atoms with Gasteiger partial charge in [0.25, 0.3) is 0 Å². The van der Waals surface area contributed by atoms with Crippen LogP contribution in [-0.2, 0) is 6.54 Å². The van der Waals surface area contributed by atoms with E-state index in [2.05, 4.69) is 14.5 Å². The predicted molar refractivity (Wildman–Crippen MR) is 62.9 cm³/mol. The van der Waals surface area contributed by atoms with Crippen LogP contribution in [0.5, 0.6) is 5.75 Å². The molecule has 0 atom stereocenters. The van der Waals surface area contributed by atoms with E-state index in [1.54, 1.807) is 6.07 Å². The van der Waals surface area contributed by atoms with Gasteiger partial charge in [0.15, 0.2) is 0 Å². The Balaban J connectivity index is 1.89. The van der Waals surface area contributed by atoms with Crippen LogP contribution >= 0.6 is 11.5 Å². The summed E-state index contributed by atoms with van der Waals surface area (Å²) in [6, 6.07) is 4.60. The van der Waals surface area contributed by atoms with Crippen LogP contribution in [0.2, 0.25) is 0 Å². The van der Waals surface area contributed by atoms with Crippen molar-refractivity contribution < 1.29 is 9.13 Å². The van der Waals surface area contributed by atoms with Crippen molar-refractivity contribution in [2.24, 2.45) is 0 Å². The third-order valence-corrected chi connectivity index (χ3v) is 3.19. The standard InChI is InChI=1S/C11H10FN3OS/c12-8-1-2-10-11(5-8)16-4-3-15(10)6-9-7-17-14-13-9/h1-2,5,7H,3-4,6H2. The zero-order chi connectivity index (χ0) is 11.7. The molecule has 2 aromatic rings. The number of hydrogen-bond donors (Lipinski definition) is 0. The molecule has 0 radical (unpaired) electrons. The first-order chi connectivity index (χ1) is 8.33. The Kier molecular flexibility index (Phi) is 2.64. The second-order valence-electron chi connectivity index (χ2n) is 3.78. The van der Waals surface area contributed by atoms with Crippen molar-refractivity contribution in [3.63, 3.8) is 0 Å². The van der Waals surface area contributed by atoms with Crippen LogP contribution < -0.4 is 9.64 Å². The molecule has 6 heteroatoms. The van der Waals surface area contributed by atoms with Gasteiger partial charge in [0.05, 0.1) is 24.5 Å². The molecule has 3 rings (SSSR count). The van der Waals surface area contributed by atoms with Gasteiger partial charge in [-0.05, 0) is 23.7 Å². The minimum absolute atomic E-state index is 0.277. The first kappa shape index (κ1) is 10.5. The lowest BCUT2D eigenvalue weighted by atomic mass is 10.2. The van der Waals surface area contributed by atoms with Gasteiger partial charge in [-0.3, -0.25) is 0 Å². The van der Waals surface area contributed by atoms with Gasteiger partial charge < -0.3 is 9.64 Å². The molecule has 0 saturated heterocycles. The number of aromatic nitrogens is 2. The first-order valence-corrected chi connectivity index (χ1v) is 6.10. The summed E-state index contributed by atoms with van der Waals surface area (Å²) >= 11 is 1.33. The largest absolute Gasteiger partial charge is 0.489 e. The van der Waals surface area contributed by atoms with E-state index in [0.29, 0.717) is 18.9 Å². The van der Waals surface area contributed by atoms with Crippen LogP contribution in [0.25, 0.3) is 0 Å². The summed E-state index contributed by atoms with van der Waals surface area (Å²) in [6.45, 7) is 2.02. The van der Waals surface area contributed by atoms with E-state index in [4.69, 9.17) is 4.74 Å². The third-order valence-electron chi connectivity index (χ3n) is 2.64. The molecule has 0 amide bonds. The Morgan fingerprint density at radius 3 is 3.24 bits per heavy atom. The molecule has 0 spiro atoms. The Hall–Kier alpha value is -1.69. The van der Waals surface area contributed by atoms with Crippen LogP contribution in [0, 0.1) is 5.82 Å². The molecule has 2 heterocycles. The second kappa shape index (κ2) is 4.29. The normalized spacial score (nSPS) is 14.3. The first-order valence-electron chi connectivity index (χ1n) is 5.26. The molecule has 17 heavy (non-hydrogen) atoms. The lowest BCUT2D eigenvalue weighted by Gasteiger charge is -2.30. The quantitative estimate of drug-likeness (QED) is 0.819. The second-order valence-corrected chi connectivity index (χ2v) is 4.39. The number of anilines is 1. The number of nitrogens with zero attached hydrogens (tertiary/aromatic N) is 3. The molecular weight excluding hydrogens is 241 g/mol. The van der Waals surface area contributed by atoms with Crippen molar-refractivity contribution in [1.82, 2.24) is 9.59 Å². The minimum atomic E-state index is -0.277. The lowest BCUT2D eigenvalue weighted by Crippen LogP contribution is -2.32. The van der Waals surface area contributed by atoms with Crippen LogP contribution in [-0.4, -0.2) is 22.7 Å². The van der Waals surface area contributed by atoms with Gasteiger partial charge in [-0.1, -0.05) is 4.49 Å². The zero-order valence-corrected chi connectivity index (χ0v) is 9.78. The summed E-state index contributed by atoms with van der Waals surface area (Å²) in [6.07, 6.45) is 0. The van der Waals surface area contributed by atoms with E-state index < -0.39 is 0 Å². The van der Waals surface area contributed by atoms with Crippen molar-refractivity contribution in [2.75, 3.05) is 18.1 Å². The van der Waals surface area contributed by atoms with Crippen LogP contribution in [0.4, 0.5) is 10.1 Å². The number of rotatable bonds is 2. The molecule has 0 unspecified atom stereocenters. The van der Waals surface area contributed by atoms with Crippen molar-refractivity contribution in [2.45, 2.75) is 6.54 Å². The van der Waals surface area contributed by atoms with E-state index >= 15 is 0 Å². The van der Waals surface area contributed by atoms with Crippen molar-refractivity contribution >= 4 is 17.2 Å². The van der Waals surface area contributed by atoms with Gasteiger partial charge in [0.2, 0.25) is 0 Å². The van der Waals surface area contributed by atoms with E-state index in [0.717, 1.165) is 17.9 Å². The molecule has 1 aliphatic heterocycles. The van der Waals surface area contributed by atoms with E-state index in [1.807, 2.05) is 5.38 Å². The molecule has 0 bridgehead atoms. The highest BCUT2D eigenvalue weighted by molar-refractivity contribution is 7.03. The highest BCUT2D eigenvalue weighted by Gasteiger charge is 2.19. The van der Waals surface area contributed by atoms with Crippen LogP contribution in [0.15, 0.2) is 23.6 Å². The summed E-state index contributed by atoms with van der Waals surface area (Å²) in [7, 11) is 0. The molecule has 1 aromatic carbocycles. The maximum atomic E-state index is 13.1. The Morgan fingerprint density at radius 2 is 2.41 bits per heavy atom. The Bertz CT molecular complexity index is 517. The highest BCUT2D eigenvalue weighted by atomic mass is 32.1. The Labute approximate surface area is 102 Å². The van der Waals surface area contributed by atoms with Crippen LogP contribution in [0.3, 0.4) is 0 Å². The Morgan fingerprint density at radius 1 is 1.47 bits per heavy atom. The van der Waals surface area contributed by atoms with Crippen molar-refractivity contribution in [1.29, 1.82) is 0 Å². The zero-order valence-electron chi connectivity index (χ0n) is 8.97. The summed E-state index contributed by atoms with van der Waals surface area (Å²) in [4.78, 5) is 2.12. The van der Waals surface area contributed by atoms with Crippen molar-refractivity contribution in [3.05, 3.63) is 35.1 Å². The maximum absolute atomic E-state index is 13.1. The topological polar surface area (TPSA) is 38.2 Å². The van der Waals surface area contributed by atoms with E-state index in [-0.39, 0.29) is 5.82 Å². The summed E-state index contributed by atoms with van der Waals surface area (Å²) < 4.78 is 22.3. The number of fused-ring (bicyclic) bond motifs is 1. The number of hydrogen-bond acceptors (Lipinski definition) is 5. The van der Waals surface area contributed by atoms with E-state index in [9.17, 15) is 4.39 Å². The van der Waals surface area contributed by atoms with Gasteiger partial charge in [0, 0.05) is 11.4 Å². The number of benzene rings is 1. The van der Waals surface area contributed by atoms with Gasteiger partial charge in [-0.25, -0.2) is 4.39 Å². The fourth-order valence-corrected chi connectivity index (χ4v) is 2.31. The van der Waals surface area contributed by atoms with Gasteiger partial charge in [-0.2, -0.15) is 0 Å². The van der Waals surface area contributed by atoms with Gasteiger partial charge in [0.1, 0.15) is 18.2 Å². The molecule has 0 saturated carbocycles. The molecule has 1 aromatic heterocycles. The molecule has 0 fully saturated rings. The molecule has 1 aliphatic rings. The molecule has 4 nitrogen and oxygen atoms in total. The SMILES string of the molecule is Fc1ccc2c(c1)OCCN2Cc1csnn1. The number of halogens is 1. The number of ether oxygens (including phenoxy) is 1. The predicted octanol–water partition coefficient (Wildman–Crippen LogP) is 2.08. The van der Waals surface area contributed by atoms with Gasteiger partial charge >= 0.3 is 0 Å². The molecule has 0 aliphatic carbocycles. The molecule has 0 N–H and O–H groups in total. The monoisotopic (exact) mass is 251 g/mol. The highest BCUT2D eigenvalue weighted by Crippen LogP contribution is 2.32. The summed E-state index contributed by atoms with van der Waals surface area (Å²) in [5.74, 6) is 0.320. The third kappa shape index (κ3) is 2.08. The lowest BCUT2D eigenvalue weighted by molar-refractivity contribution is 0.305. The fraction of sp³-hybridized carbons (Fsp3) is 0.273. The minimum Gasteiger partial charge on any atom is -0.489 e. The van der Waals surface area contributed by atoms with Crippen molar-refractivity contribution in [3.8, 4) is 5.75 Å². The molecule has 88 valence electrons. The summed E-state index contributed by atoms with van der Waals surface area (Å²) in [5, 5.41) is 5.93. The van der Waals surface area contributed by atoms with Crippen LogP contribution in [0.1, 0.15) is 5.69 Å². The summed E-state index contributed by atoms with van der Waals surface area (Å²) in [5.41, 5.74) is 1.83.